The van der Waals surface area contributed by atoms with Crippen molar-refractivity contribution in [3.63, 3.8) is 0 Å². The fourth-order valence-electron chi connectivity index (χ4n) is 4.52. The summed E-state index contributed by atoms with van der Waals surface area (Å²) in [6.07, 6.45) is 6.17. The number of hydrogen-bond acceptors (Lipinski definition) is 2. The smallest absolute Gasteiger partial charge is 0.0169 e. The van der Waals surface area contributed by atoms with E-state index in [0.29, 0.717) is 12.1 Å². The van der Waals surface area contributed by atoms with Gasteiger partial charge in [0.25, 0.3) is 0 Å². The summed E-state index contributed by atoms with van der Waals surface area (Å²) in [6.45, 7) is 8.56. The van der Waals surface area contributed by atoms with Crippen LogP contribution in [0.1, 0.15) is 39.5 Å². The number of piperazine rings is 1. The molecular weight excluding hydrogens is 196 g/mol. The first kappa shape index (κ1) is 11.0. The first-order valence-electron chi connectivity index (χ1n) is 7.19. The lowest BCUT2D eigenvalue weighted by Gasteiger charge is -2.38. The third-order valence-electron chi connectivity index (χ3n) is 5.01. The summed E-state index contributed by atoms with van der Waals surface area (Å²) in [5, 5.41) is 3.63. The molecule has 0 aromatic carbocycles. The van der Waals surface area contributed by atoms with Crippen LogP contribution in [0.2, 0.25) is 0 Å². The molecule has 2 saturated carbocycles. The van der Waals surface area contributed by atoms with E-state index in [1.54, 1.807) is 6.42 Å². The van der Waals surface area contributed by atoms with Crippen LogP contribution in [0.3, 0.4) is 0 Å². The lowest BCUT2D eigenvalue weighted by molar-refractivity contribution is 0.131. The van der Waals surface area contributed by atoms with E-state index >= 15 is 0 Å². The molecule has 1 heterocycles. The molecule has 1 saturated heterocycles. The lowest BCUT2D eigenvalue weighted by atomic mass is 9.88. The van der Waals surface area contributed by atoms with E-state index in [4.69, 9.17) is 0 Å². The Hall–Kier alpha value is -0.0800. The van der Waals surface area contributed by atoms with E-state index < -0.39 is 0 Å². The molecule has 3 rings (SSSR count). The first-order valence-corrected chi connectivity index (χ1v) is 7.19. The van der Waals surface area contributed by atoms with Gasteiger partial charge in [0.2, 0.25) is 0 Å². The molecule has 5 unspecified atom stereocenters. The summed E-state index contributed by atoms with van der Waals surface area (Å²) >= 11 is 0. The average Bonchev–Trinajstić information content (AvgIpc) is 2.77. The Labute approximate surface area is 99.8 Å². The number of nitrogens with one attached hydrogen (secondary N) is 1. The Morgan fingerprint density at radius 1 is 1.06 bits per heavy atom. The lowest BCUT2D eigenvalue weighted by Crippen LogP contribution is -2.55. The quantitative estimate of drug-likeness (QED) is 0.770. The molecule has 0 aromatic rings. The van der Waals surface area contributed by atoms with Crippen LogP contribution in [-0.2, 0) is 0 Å². The minimum absolute atomic E-state index is 0.683. The minimum atomic E-state index is 0.683. The van der Waals surface area contributed by atoms with Gasteiger partial charge in [-0.05, 0) is 50.9 Å². The van der Waals surface area contributed by atoms with Gasteiger partial charge in [0, 0.05) is 31.7 Å². The highest BCUT2D eigenvalue weighted by atomic mass is 15.2. The van der Waals surface area contributed by atoms with Gasteiger partial charge in [0.05, 0.1) is 0 Å². The molecule has 2 heteroatoms. The van der Waals surface area contributed by atoms with Crippen molar-refractivity contribution >= 4 is 0 Å². The molecule has 2 aliphatic carbocycles. The summed E-state index contributed by atoms with van der Waals surface area (Å²) < 4.78 is 0. The van der Waals surface area contributed by atoms with Crippen molar-refractivity contribution in [1.29, 1.82) is 0 Å². The summed E-state index contributed by atoms with van der Waals surface area (Å²) in [7, 11) is 0. The van der Waals surface area contributed by atoms with Crippen LogP contribution in [0.5, 0.6) is 0 Å². The van der Waals surface area contributed by atoms with Gasteiger partial charge < -0.3 is 5.32 Å². The zero-order valence-corrected chi connectivity index (χ0v) is 10.8. The van der Waals surface area contributed by atoms with Crippen LogP contribution in [-0.4, -0.2) is 36.6 Å². The normalized spacial score (nSPS) is 48.8. The van der Waals surface area contributed by atoms with Crippen molar-refractivity contribution in [2.75, 3.05) is 19.6 Å². The van der Waals surface area contributed by atoms with E-state index in [9.17, 15) is 0 Å². The molecule has 1 N–H and O–H groups in total. The van der Waals surface area contributed by atoms with Gasteiger partial charge in [-0.25, -0.2) is 0 Å². The van der Waals surface area contributed by atoms with Gasteiger partial charge >= 0.3 is 0 Å². The predicted octanol–water partition coefficient (Wildman–Crippen LogP) is 2.10. The Morgan fingerprint density at radius 3 is 2.38 bits per heavy atom. The predicted molar refractivity (Wildman–Crippen MR) is 67.4 cm³/mol. The molecule has 0 spiro atoms. The highest BCUT2D eigenvalue weighted by molar-refractivity contribution is 4.92. The molecule has 0 radical (unpaired) electrons. The zero-order valence-electron chi connectivity index (χ0n) is 10.8. The Morgan fingerprint density at radius 2 is 1.81 bits per heavy atom. The molecule has 0 amide bonds. The van der Waals surface area contributed by atoms with Crippen LogP contribution >= 0.6 is 0 Å². The largest absolute Gasteiger partial charge is 0.309 e. The molecule has 5 atom stereocenters. The fourth-order valence-corrected chi connectivity index (χ4v) is 4.52. The average molecular weight is 222 g/mol. The van der Waals surface area contributed by atoms with Crippen LogP contribution in [0, 0.1) is 17.8 Å². The molecule has 3 aliphatic rings. The second kappa shape index (κ2) is 4.30. The van der Waals surface area contributed by atoms with Crippen molar-refractivity contribution in [3.8, 4) is 0 Å². The van der Waals surface area contributed by atoms with Gasteiger partial charge in [0.1, 0.15) is 0 Å². The molecular formula is C14H26N2. The summed E-state index contributed by atoms with van der Waals surface area (Å²) in [6, 6.07) is 1.37. The number of rotatable bonds is 2. The van der Waals surface area contributed by atoms with Crippen molar-refractivity contribution in [1.82, 2.24) is 10.2 Å². The van der Waals surface area contributed by atoms with E-state index in [1.807, 2.05) is 0 Å². The van der Waals surface area contributed by atoms with Crippen LogP contribution < -0.4 is 5.32 Å². The van der Waals surface area contributed by atoms with Gasteiger partial charge in [0.15, 0.2) is 0 Å². The third kappa shape index (κ3) is 2.14. The maximum Gasteiger partial charge on any atom is 0.0169 e. The molecule has 2 bridgehead atoms. The second-order valence-electron chi connectivity index (χ2n) is 6.62. The van der Waals surface area contributed by atoms with E-state index in [0.717, 1.165) is 17.8 Å². The Balaban J connectivity index is 1.54. The third-order valence-corrected chi connectivity index (χ3v) is 5.01. The monoisotopic (exact) mass is 222 g/mol. The van der Waals surface area contributed by atoms with Crippen molar-refractivity contribution in [2.24, 2.45) is 17.8 Å². The highest BCUT2D eigenvalue weighted by Gasteiger charge is 2.40. The van der Waals surface area contributed by atoms with Crippen LogP contribution in [0.25, 0.3) is 0 Å². The van der Waals surface area contributed by atoms with Gasteiger partial charge in [-0.1, -0.05) is 6.42 Å². The summed E-state index contributed by atoms with van der Waals surface area (Å²) in [5.74, 6) is 3.23. The topological polar surface area (TPSA) is 15.3 Å². The number of fused-ring (bicyclic) bond motifs is 2. The Bertz CT molecular complexity index is 243. The van der Waals surface area contributed by atoms with Crippen molar-refractivity contribution in [2.45, 2.75) is 51.6 Å². The number of nitrogens with zero attached hydrogens (tertiary/aromatic N) is 1. The molecule has 92 valence electrons. The maximum atomic E-state index is 3.63. The van der Waals surface area contributed by atoms with Crippen molar-refractivity contribution < 1.29 is 0 Å². The minimum Gasteiger partial charge on any atom is -0.309 e. The molecule has 0 aromatic heterocycles. The van der Waals surface area contributed by atoms with E-state index in [2.05, 4.69) is 24.1 Å². The SMILES string of the molecule is CC1CN(CC2CC3CCC2C3)CC(C)N1. The fraction of sp³-hybridized carbons (Fsp3) is 1.00. The summed E-state index contributed by atoms with van der Waals surface area (Å²) in [4.78, 5) is 2.72. The standard InChI is InChI=1S/C14H26N2/c1-10-7-16(8-11(2)15-10)9-14-6-12-3-4-13(14)5-12/h10-15H,3-9H2,1-2H3. The van der Waals surface area contributed by atoms with Gasteiger partial charge in [-0.3, -0.25) is 4.90 Å². The number of hydrogen-bond donors (Lipinski definition) is 1. The molecule has 16 heavy (non-hydrogen) atoms. The highest BCUT2D eigenvalue weighted by Crippen LogP contribution is 2.48. The Kier molecular flexibility index (Phi) is 2.97. The second-order valence-corrected chi connectivity index (χ2v) is 6.62. The first-order chi connectivity index (χ1) is 7.70. The van der Waals surface area contributed by atoms with Crippen LogP contribution in [0.4, 0.5) is 0 Å². The summed E-state index contributed by atoms with van der Waals surface area (Å²) in [5.41, 5.74) is 0. The van der Waals surface area contributed by atoms with Gasteiger partial charge in [-0.2, -0.15) is 0 Å². The van der Waals surface area contributed by atoms with Gasteiger partial charge in [-0.15, -0.1) is 0 Å². The molecule has 3 fully saturated rings. The van der Waals surface area contributed by atoms with Crippen LogP contribution in [0.15, 0.2) is 0 Å². The van der Waals surface area contributed by atoms with Crippen molar-refractivity contribution in [3.05, 3.63) is 0 Å². The molecule has 1 aliphatic heterocycles. The maximum absolute atomic E-state index is 3.63. The van der Waals surface area contributed by atoms with E-state index in [1.165, 1.54) is 38.9 Å². The molecule has 2 nitrogen and oxygen atoms in total. The zero-order chi connectivity index (χ0) is 11.1. The van der Waals surface area contributed by atoms with E-state index in [-0.39, 0.29) is 0 Å².